The molecule has 1 fully saturated rings. The van der Waals surface area contributed by atoms with Gasteiger partial charge in [-0.2, -0.15) is 5.10 Å². The molecule has 2 aromatic heterocycles. The second-order valence-corrected chi connectivity index (χ2v) is 8.62. The Morgan fingerprint density at radius 3 is 2.39 bits per heavy atom. The van der Waals surface area contributed by atoms with Gasteiger partial charge in [0.05, 0.1) is 6.20 Å². The van der Waals surface area contributed by atoms with Crippen molar-refractivity contribution < 1.29 is 4.79 Å². The fraction of sp³-hybridized carbons (Fsp3) is 0.417. The van der Waals surface area contributed by atoms with Gasteiger partial charge in [-0.25, -0.2) is 9.78 Å². The SMILES string of the molecule is Cc1c(CN2CCN(c3nccnc3-c3ccc(CNC(=O)N(C)C)cc3)CC2)cnn1C. The van der Waals surface area contributed by atoms with Gasteiger partial charge in [-0.3, -0.25) is 14.6 Å². The van der Waals surface area contributed by atoms with Gasteiger partial charge in [0.2, 0.25) is 0 Å². The lowest BCUT2D eigenvalue weighted by molar-refractivity contribution is 0.217. The minimum atomic E-state index is -0.104. The molecule has 3 aromatic rings. The summed E-state index contributed by atoms with van der Waals surface area (Å²) in [6.07, 6.45) is 5.47. The van der Waals surface area contributed by atoms with Gasteiger partial charge in [0.25, 0.3) is 0 Å². The number of urea groups is 1. The Labute approximate surface area is 195 Å². The average Bonchev–Trinajstić information content (AvgIpc) is 3.15. The summed E-state index contributed by atoms with van der Waals surface area (Å²) in [5, 5.41) is 7.25. The van der Waals surface area contributed by atoms with E-state index >= 15 is 0 Å². The Bertz CT molecular complexity index is 1080. The van der Waals surface area contributed by atoms with Gasteiger partial charge in [0.15, 0.2) is 5.82 Å². The average molecular weight is 449 g/mol. The van der Waals surface area contributed by atoms with Gasteiger partial charge < -0.3 is 15.1 Å². The first-order valence-electron chi connectivity index (χ1n) is 11.2. The Balaban J connectivity index is 1.41. The minimum absolute atomic E-state index is 0.104. The van der Waals surface area contributed by atoms with E-state index in [1.807, 2.05) is 42.2 Å². The van der Waals surface area contributed by atoms with Crippen molar-refractivity contribution in [1.82, 2.24) is 34.9 Å². The number of anilines is 1. The van der Waals surface area contributed by atoms with E-state index in [1.54, 1.807) is 26.5 Å². The van der Waals surface area contributed by atoms with Crippen LogP contribution in [0.15, 0.2) is 42.9 Å². The monoisotopic (exact) mass is 448 g/mol. The van der Waals surface area contributed by atoms with Gasteiger partial charge in [0.1, 0.15) is 5.69 Å². The van der Waals surface area contributed by atoms with Crippen molar-refractivity contribution in [3.63, 3.8) is 0 Å². The van der Waals surface area contributed by atoms with E-state index in [0.717, 1.165) is 55.4 Å². The summed E-state index contributed by atoms with van der Waals surface area (Å²) in [7, 11) is 5.44. The van der Waals surface area contributed by atoms with Crippen LogP contribution < -0.4 is 10.2 Å². The quantitative estimate of drug-likeness (QED) is 0.623. The van der Waals surface area contributed by atoms with Crippen molar-refractivity contribution in [3.05, 3.63) is 59.7 Å². The smallest absolute Gasteiger partial charge is 0.317 e. The normalized spacial score (nSPS) is 14.4. The number of carbonyl (C=O) groups excluding carboxylic acids is 1. The molecule has 3 heterocycles. The number of carbonyl (C=O) groups is 1. The molecule has 0 atom stereocenters. The van der Waals surface area contributed by atoms with E-state index in [-0.39, 0.29) is 6.03 Å². The highest BCUT2D eigenvalue weighted by Crippen LogP contribution is 2.28. The Morgan fingerprint density at radius 2 is 1.76 bits per heavy atom. The number of hydrogen-bond donors (Lipinski definition) is 1. The van der Waals surface area contributed by atoms with Crippen molar-refractivity contribution >= 4 is 11.8 Å². The molecule has 1 aromatic carbocycles. The number of hydrogen-bond acceptors (Lipinski definition) is 6. The molecule has 0 saturated carbocycles. The second-order valence-electron chi connectivity index (χ2n) is 8.62. The molecule has 9 nitrogen and oxygen atoms in total. The molecule has 2 amide bonds. The lowest BCUT2D eigenvalue weighted by Gasteiger charge is -2.35. The van der Waals surface area contributed by atoms with E-state index in [9.17, 15) is 4.79 Å². The lowest BCUT2D eigenvalue weighted by atomic mass is 10.1. The van der Waals surface area contributed by atoms with Crippen LogP contribution in [0.4, 0.5) is 10.6 Å². The van der Waals surface area contributed by atoms with Crippen molar-refractivity contribution in [3.8, 4) is 11.3 Å². The highest BCUT2D eigenvalue weighted by atomic mass is 16.2. The molecular formula is C24H32N8O. The number of aryl methyl sites for hydroxylation is 1. The number of aromatic nitrogens is 4. The third-order valence-electron chi connectivity index (χ3n) is 6.16. The molecular weight excluding hydrogens is 416 g/mol. The summed E-state index contributed by atoms with van der Waals surface area (Å²) >= 11 is 0. The van der Waals surface area contributed by atoms with E-state index in [1.165, 1.54) is 16.2 Å². The first-order valence-corrected chi connectivity index (χ1v) is 11.2. The maximum atomic E-state index is 11.8. The van der Waals surface area contributed by atoms with E-state index in [0.29, 0.717) is 6.54 Å². The van der Waals surface area contributed by atoms with Crippen LogP contribution in [-0.2, 0) is 20.1 Å². The van der Waals surface area contributed by atoms with E-state index in [4.69, 9.17) is 0 Å². The van der Waals surface area contributed by atoms with Crippen LogP contribution in [0.5, 0.6) is 0 Å². The van der Waals surface area contributed by atoms with Gasteiger partial charge >= 0.3 is 6.03 Å². The van der Waals surface area contributed by atoms with Gasteiger partial charge in [-0.15, -0.1) is 0 Å². The number of nitrogens with zero attached hydrogens (tertiary/aromatic N) is 7. The number of rotatable bonds is 6. The van der Waals surface area contributed by atoms with Crippen LogP contribution in [0.3, 0.4) is 0 Å². The lowest BCUT2D eigenvalue weighted by Crippen LogP contribution is -2.46. The summed E-state index contributed by atoms with van der Waals surface area (Å²) in [5.41, 5.74) is 5.46. The van der Waals surface area contributed by atoms with Gasteiger partial charge in [-0.05, 0) is 12.5 Å². The van der Waals surface area contributed by atoms with Crippen LogP contribution in [-0.4, -0.2) is 75.9 Å². The first-order chi connectivity index (χ1) is 15.9. The molecule has 33 heavy (non-hydrogen) atoms. The Morgan fingerprint density at radius 1 is 1.06 bits per heavy atom. The van der Waals surface area contributed by atoms with Crippen LogP contribution in [0, 0.1) is 6.92 Å². The number of piperazine rings is 1. The van der Waals surface area contributed by atoms with Crippen molar-refractivity contribution in [2.24, 2.45) is 7.05 Å². The number of benzene rings is 1. The fourth-order valence-corrected chi connectivity index (χ4v) is 3.94. The zero-order chi connectivity index (χ0) is 23.4. The van der Waals surface area contributed by atoms with Crippen LogP contribution in [0.1, 0.15) is 16.8 Å². The Kier molecular flexibility index (Phi) is 6.88. The van der Waals surface area contributed by atoms with Crippen LogP contribution >= 0.6 is 0 Å². The standard InChI is InChI=1S/C24H32N8O/c1-18-21(16-28-30(18)4)17-31-11-13-32(14-12-31)23-22(25-9-10-26-23)20-7-5-19(6-8-20)15-27-24(33)29(2)3/h5-10,16H,11-15,17H2,1-4H3,(H,27,33). The third-order valence-corrected chi connectivity index (χ3v) is 6.16. The minimum Gasteiger partial charge on any atom is -0.352 e. The molecule has 0 spiro atoms. The molecule has 1 N–H and O–H groups in total. The highest BCUT2D eigenvalue weighted by Gasteiger charge is 2.22. The van der Waals surface area contributed by atoms with E-state index in [2.05, 4.69) is 37.1 Å². The largest absolute Gasteiger partial charge is 0.352 e. The fourth-order valence-electron chi connectivity index (χ4n) is 3.94. The molecule has 4 rings (SSSR count). The van der Waals surface area contributed by atoms with E-state index < -0.39 is 0 Å². The zero-order valence-electron chi connectivity index (χ0n) is 19.8. The molecule has 0 bridgehead atoms. The van der Waals surface area contributed by atoms with Gasteiger partial charge in [-0.1, -0.05) is 24.3 Å². The number of nitrogens with one attached hydrogen (secondary N) is 1. The third kappa shape index (κ3) is 5.31. The molecule has 1 aliphatic heterocycles. The second kappa shape index (κ2) is 9.99. The molecule has 174 valence electrons. The number of amides is 2. The highest BCUT2D eigenvalue weighted by molar-refractivity contribution is 5.74. The molecule has 0 radical (unpaired) electrons. The predicted octanol–water partition coefficient (Wildman–Crippen LogP) is 2.28. The molecule has 9 heteroatoms. The topological polar surface area (TPSA) is 82.4 Å². The molecule has 1 saturated heterocycles. The predicted molar refractivity (Wildman–Crippen MR) is 129 cm³/mol. The summed E-state index contributed by atoms with van der Waals surface area (Å²) < 4.78 is 1.93. The van der Waals surface area contributed by atoms with Crippen molar-refractivity contribution in [2.75, 3.05) is 45.2 Å². The molecule has 0 unspecified atom stereocenters. The first kappa shape index (κ1) is 22.7. The summed E-state index contributed by atoms with van der Waals surface area (Å²) in [5.74, 6) is 0.920. The Hall–Kier alpha value is -3.46. The van der Waals surface area contributed by atoms with Crippen molar-refractivity contribution in [1.29, 1.82) is 0 Å². The summed E-state index contributed by atoms with van der Waals surface area (Å²) in [4.78, 5) is 27.4. The van der Waals surface area contributed by atoms with Gasteiger partial charge in [0, 0.05) is 89.6 Å². The molecule has 1 aliphatic rings. The zero-order valence-corrected chi connectivity index (χ0v) is 19.8. The molecule has 0 aliphatic carbocycles. The van der Waals surface area contributed by atoms with Crippen molar-refractivity contribution in [2.45, 2.75) is 20.0 Å². The van der Waals surface area contributed by atoms with Crippen LogP contribution in [0.2, 0.25) is 0 Å². The maximum absolute atomic E-state index is 11.8. The van der Waals surface area contributed by atoms with Crippen LogP contribution in [0.25, 0.3) is 11.3 Å². The summed E-state index contributed by atoms with van der Waals surface area (Å²) in [6.45, 7) is 7.27. The maximum Gasteiger partial charge on any atom is 0.317 e. The summed E-state index contributed by atoms with van der Waals surface area (Å²) in [6, 6.07) is 8.04.